The molecule has 3 rings (SSSR count). The van der Waals surface area contributed by atoms with Crippen molar-refractivity contribution in [3.63, 3.8) is 0 Å². The summed E-state index contributed by atoms with van der Waals surface area (Å²) in [4.78, 5) is 25.2. The highest BCUT2D eigenvalue weighted by Crippen LogP contribution is 2.36. The third-order valence-corrected chi connectivity index (χ3v) is 5.93. The maximum Gasteiger partial charge on any atom is 0.341 e. The topological polar surface area (TPSA) is 64.6 Å². The number of ether oxygens (including phenoxy) is 2. The van der Waals surface area contributed by atoms with E-state index in [9.17, 15) is 9.59 Å². The molecule has 0 fully saturated rings. The lowest BCUT2D eigenvalue weighted by Crippen LogP contribution is -2.15. The number of carbonyl (C=O) groups excluding carboxylic acids is 2. The SMILES string of the molecule is CCOC(=O)c1c(-c2ccc(C)cc2)csc1NC(=O)CCCOc1ccc(CC)cc1. The Kier molecular flexibility index (Phi) is 8.45. The number of rotatable bonds is 10. The lowest BCUT2D eigenvalue weighted by Gasteiger charge is -2.10. The Balaban J connectivity index is 1.61. The second kappa shape index (κ2) is 11.5. The van der Waals surface area contributed by atoms with E-state index >= 15 is 0 Å². The third kappa shape index (κ3) is 6.20. The molecule has 0 atom stereocenters. The van der Waals surface area contributed by atoms with Crippen molar-refractivity contribution in [3.05, 3.63) is 70.6 Å². The van der Waals surface area contributed by atoms with E-state index in [2.05, 4.69) is 12.2 Å². The standard InChI is InChI=1S/C26H29NO4S/c1-4-19-10-14-21(15-11-19)31-16-6-7-23(28)27-25-24(26(29)30-5-2)22(17-32-25)20-12-8-18(3)9-13-20/h8-15,17H,4-7,16H2,1-3H3,(H,27,28). The maximum absolute atomic E-state index is 12.6. The van der Waals surface area contributed by atoms with Gasteiger partial charge in [-0.25, -0.2) is 4.79 Å². The first-order valence-corrected chi connectivity index (χ1v) is 11.8. The average Bonchev–Trinajstić information content (AvgIpc) is 3.21. The van der Waals surface area contributed by atoms with Crippen molar-refractivity contribution in [1.29, 1.82) is 0 Å². The first kappa shape index (κ1) is 23.5. The molecule has 0 aliphatic rings. The van der Waals surface area contributed by atoms with E-state index in [-0.39, 0.29) is 12.5 Å². The number of anilines is 1. The molecule has 0 saturated carbocycles. The minimum absolute atomic E-state index is 0.155. The first-order valence-electron chi connectivity index (χ1n) is 10.9. The van der Waals surface area contributed by atoms with Crippen LogP contribution in [0.1, 0.15) is 48.2 Å². The highest BCUT2D eigenvalue weighted by atomic mass is 32.1. The van der Waals surface area contributed by atoms with Gasteiger partial charge in [-0.05, 0) is 49.9 Å². The van der Waals surface area contributed by atoms with E-state index in [4.69, 9.17) is 9.47 Å². The summed E-state index contributed by atoms with van der Waals surface area (Å²) in [5, 5.41) is 5.29. The molecule has 1 N–H and O–H groups in total. The molecule has 2 aromatic carbocycles. The second-order valence-corrected chi connectivity index (χ2v) is 8.32. The van der Waals surface area contributed by atoms with Crippen molar-refractivity contribution < 1.29 is 19.1 Å². The molecule has 0 bridgehead atoms. The van der Waals surface area contributed by atoms with Crippen molar-refractivity contribution in [2.45, 2.75) is 40.0 Å². The van der Waals surface area contributed by atoms with Crippen LogP contribution in [-0.4, -0.2) is 25.1 Å². The van der Waals surface area contributed by atoms with E-state index in [1.54, 1.807) is 6.92 Å². The van der Waals surface area contributed by atoms with E-state index in [1.165, 1.54) is 16.9 Å². The van der Waals surface area contributed by atoms with Gasteiger partial charge in [-0.2, -0.15) is 0 Å². The lowest BCUT2D eigenvalue weighted by atomic mass is 10.0. The minimum Gasteiger partial charge on any atom is -0.494 e. The van der Waals surface area contributed by atoms with Gasteiger partial charge in [0.2, 0.25) is 5.91 Å². The summed E-state index contributed by atoms with van der Waals surface area (Å²) < 4.78 is 11.0. The predicted molar refractivity (Wildman–Crippen MR) is 130 cm³/mol. The fraction of sp³-hybridized carbons (Fsp3) is 0.308. The van der Waals surface area contributed by atoms with Gasteiger partial charge in [0.15, 0.2) is 0 Å². The Labute approximate surface area is 193 Å². The number of benzene rings is 2. The quantitative estimate of drug-likeness (QED) is 0.292. The number of amides is 1. The van der Waals surface area contributed by atoms with Gasteiger partial charge in [-0.15, -0.1) is 11.3 Å². The molecule has 168 valence electrons. The molecule has 3 aromatic rings. The van der Waals surface area contributed by atoms with Crippen LogP contribution in [0.25, 0.3) is 11.1 Å². The van der Waals surface area contributed by atoms with Crippen LogP contribution in [0.4, 0.5) is 5.00 Å². The van der Waals surface area contributed by atoms with Gasteiger partial charge in [0, 0.05) is 17.4 Å². The molecule has 0 unspecified atom stereocenters. The number of nitrogens with one attached hydrogen (secondary N) is 1. The molecular weight excluding hydrogens is 422 g/mol. The van der Waals surface area contributed by atoms with Crippen LogP contribution >= 0.6 is 11.3 Å². The van der Waals surface area contributed by atoms with Crippen LogP contribution < -0.4 is 10.1 Å². The van der Waals surface area contributed by atoms with Gasteiger partial charge in [0.1, 0.15) is 16.3 Å². The fourth-order valence-corrected chi connectivity index (χ4v) is 4.21. The van der Waals surface area contributed by atoms with Gasteiger partial charge in [-0.3, -0.25) is 4.79 Å². The molecule has 1 amide bonds. The summed E-state index contributed by atoms with van der Waals surface area (Å²) in [7, 11) is 0. The normalized spacial score (nSPS) is 10.6. The van der Waals surface area contributed by atoms with Crippen LogP contribution in [0, 0.1) is 6.92 Å². The fourth-order valence-electron chi connectivity index (χ4n) is 3.23. The molecular formula is C26H29NO4S. The van der Waals surface area contributed by atoms with Crippen LogP contribution in [0.2, 0.25) is 0 Å². The van der Waals surface area contributed by atoms with Crippen molar-refractivity contribution >= 4 is 28.2 Å². The summed E-state index contributed by atoms with van der Waals surface area (Å²) in [6, 6.07) is 15.9. The average molecular weight is 452 g/mol. The van der Waals surface area contributed by atoms with Crippen LogP contribution in [0.5, 0.6) is 5.75 Å². The maximum atomic E-state index is 12.6. The Bertz CT molecular complexity index is 1040. The second-order valence-electron chi connectivity index (χ2n) is 7.44. The van der Waals surface area contributed by atoms with Gasteiger partial charge in [0.05, 0.1) is 13.2 Å². The van der Waals surface area contributed by atoms with Crippen molar-refractivity contribution in [2.75, 3.05) is 18.5 Å². The smallest absolute Gasteiger partial charge is 0.341 e. The predicted octanol–water partition coefficient (Wildman–Crippen LogP) is 6.26. The highest BCUT2D eigenvalue weighted by Gasteiger charge is 2.22. The summed E-state index contributed by atoms with van der Waals surface area (Å²) in [6.45, 7) is 6.61. The molecule has 1 aromatic heterocycles. The van der Waals surface area contributed by atoms with E-state index in [0.29, 0.717) is 30.0 Å². The molecule has 5 nitrogen and oxygen atoms in total. The Hall–Kier alpha value is -3.12. The summed E-state index contributed by atoms with van der Waals surface area (Å²) >= 11 is 1.33. The Morgan fingerprint density at radius 1 is 1.00 bits per heavy atom. The number of esters is 1. The zero-order valence-electron chi connectivity index (χ0n) is 18.8. The van der Waals surface area contributed by atoms with Crippen molar-refractivity contribution in [2.24, 2.45) is 0 Å². The summed E-state index contributed by atoms with van der Waals surface area (Å²) in [5.41, 5.74) is 4.48. The van der Waals surface area contributed by atoms with Crippen molar-refractivity contribution in [3.8, 4) is 16.9 Å². The van der Waals surface area contributed by atoms with Crippen LogP contribution in [-0.2, 0) is 16.0 Å². The lowest BCUT2D eigenvalue weighted by molar-refractivity contribution is -0.116. The van der Waals surface area contributed by atoms with E-state index < -0.39 is 5.97 Å². The molecule has 0 aliphatic heterocycles. The molecule has 6 heteroatoms. The highest BCUT2D eigenvalue weighted by molar-refractivity contribution is 7.15. The Morgan fingerprint density at radius 2 is 1.72 bits per heavy atom. The Morgan fingerprint density at radius 3 is 2.38 bits per heavy atom. The van der Waals surface area contributed by atoms with Gasteiger partial charge in [-0.1, -0.05) is 48.9 Å². The molecule has 0 aliphatic carbocycles. The number of hydrogen-bond acceptors (Lipinski definition) is 5. The van der Waals surface area contributed by atoms with Crippen LogP contribution in [0.3, 0.4) is 0 Å². The van der Waals surface area contributed by atoms with E-state index in [1.807, 2.05) is 60.8 Å². The number of thiophene rings is 1. The molecule has 32 heavy (non-hydrogen) atoms. The van der Waals surface area contributed by atoms with Gasteiger partial charge >= 0.3 is 5.97 Å². The number of carbonyl (C=O) groups is 2. The molecule has 0 radical (unpaired) electrons. The molecule has 0 saturated heterocycles. The zero-order chi connectivity index (χ0) is 22.9. The summed E-state index contributed by atoms with van der Waals surface area (Å²) in [5.74, 6) is 0.212. The van der Waals surface area contributed by atoms with E-state index in [0.717, 1.165) is 28.9 Å². The third-order valence-electron chi connectivity index (χ3n) is 5.03. The van der Waals surface area contributed by atoms with Gasteiger partial charge < -0.3 is 14.8 Å². The zero-order valence-corrected chi connectivity index (χ0v) is 19.6. The van der Waals surface area contributed by atoms with Crippen molar-refractivity contribution in [1.82, 2.24) is 0 Å². The molecule has 0 spiro atoms. The first-order chi connectivity index (χ1) is 15.5. The number of aryl methyl sites for hydroxylation is 2. The summed E-state index contributed by atoms with van der Waals surface area (Å²) in [6.07, 6.45) is 1.86. The monoisotopic (exact) mass is 451 g/mol. The minimum atomic E-state index is -0.432. The molecule has 1 heterocycles. The van der Waals surface area contributed by atoms with Crippen LogP contribution in [0.15, 0.2) is 53.9 Å². The number of hydrogen-bond donors (Lipinski definition) is 1. The van der Waals surface area contributed by atoms with Gasteiger partial charge in [0.25, 0.3) is 0 Å². The largest absolute Gasteiger partial charge is 0.494 e.